The Bertz CT molecular complexity index is 1050. The Kier molecular flexibility index (Phi) is 6.66. The summed E-state index contributed by atoms with van der Waals surface area (Å²) in [6.45, 7) is 2.76. The van der Waals surface area contributed by atoms with Crippen LogP contribution in [0.4, 0.5) is 0 Å². The van der Waals surface area contributed by atoms with E-state index in [1.54, 1.807) is 24.6 Å². The average Bonchev–Trinajstić information content (AvgIpc) is 3.25. The van der Waals surface area contributed by atoms with Crippen molar-refractivity contribution in [2.24, 2.45) is 4.99 Å². The molecule has 0 aliphatic rings. The monoisotopic (exact) mass is 416 g/mol. The second-order valence-electron chi connectivity index (χ2n) is 6.30. The molecule has 0 saturated carbocycles. The van der Waals surface area contributed by atoms with E-state index in [0.29, 0.717) is 16.7 Å². The molecule has 0 saturated heterocycles. The van der Waals surface area contributed by atoms with Crippen molar-refractivity contribution in [3.05, 3.63) is 65.5 Å². The normalized spacial score (nSPS) is 13.4. The van der Waals surface area contributed by atoms with Crippen molar-refractivity contribution in [2.75, 3.05) is 20.1 Å². The van der Waals surface area contributed by atoms with Gasteiger partial charge in [-0.25, -0.2) is 13.1 Å². The Labute approximate surface area is 169 Å². The van der Waals surface area contributed by atoms with Gasteiger partial charge in [-0.15, -0.1) is 11.3 Å². The minimum atomic E-state index is -3.44. The molecular formula is C20H24N4O2S2. The van der Waals surface area contributed by atoms with Gasteiger partial charge in [-0.1, -0.05) is 42.5 Å². The van der Waals surface area contributed by atoms with E-state index in [0.717, 1.165) is 5.56 Å². The number of benzene rings is 2. The predicted molar refractivity (Wildman–Crippen MR) is 116 cm³/mol. The Balaban J connectivity index is 1.52. The van der Waals surface area contributed by atoms with Crippen LogP contribution in [-0.2, 0) is 10.0 Å². The lowest BCUT2D eigenvalue weighted by molar-refractivity contribution is 0.582. The summed E-state index contributed by atoms with van der Waals surface area (Å²) in [7, 11) is -1.75. The summed E-state index contributed by atoms with van der Waals surface area (Å²) in [5.41, 5.74) is 1.15. The average molecular weight is 417 g/mol. The number of guanidine groups is 1. The standard InChI is InChI=1S/C20H24N4O2S2/c1-15(17-10-9-16-6-3-4-7-18(16)14-17)24-20(21-2)22-11-12-23-28(25,26)19-8-5-13-27-19/h3-10,13-15,23H,11-12H2,1-2H3,(H2,21,22,24). The van der Waals surface area contributed by atoms with Gasteiger partial charge in [0.1, 0.15) is 4.21 Å². The van der Waals surface area contributed by atoms with Crippen molar-refractivity contribution in [3.8, 4) is 0 Å². The Hall–Kier alpha value is -2.42. The predicted octanol–water partition coefficient (Wildman–Crippen LogP) is 3.11. The number of hydrogen-bond acceptors (Lipinski definition) is 4. The first-order chi connectivity index (χ1) is 13.5. The molecule has 1 aromatic heterocycles. The van der Waals surface area contributed by atoms with Gasteiger partial charge in [-0.2, -0.15) is 0 Å². The van der Waals surface area contributed by atoms with E-state index in [1.807, 2.05) is 12.1 Å². The number of sulfonamides is 1. The molecule has 3 aromatic rings. The largest absolute Gasteiger partial charge is 0.355 e. The van der Waals surface area contributed by atoms with Gasteiger partial charge in [0.25, 0.3) is 0 Å². The molecule has 28 heavy (non-hydrogen) atoms. The zero-order valence-corrected chi connectivity index (χ0v) is 17.5. The first-order valence-corrected chi connectivity index (χ1v) is 11.3. The molecule has 1 atom stereocenters. The van der Waals surface area contributed by atoms with Gasteiger partial charge in [-0.3, -0.25) is 4.99 Å². The minimum Gasteiger partial charge on any atom is -0.355 e. The van der Waals surface area contributed by atoms with E-state index < -0.39 is 10.0 Å². The molecule has 6 nitrogen and oxygen atoms in total. The molecule has 0 aliphatic carbocycles. The maximum Gasteiger partial charge on any atom is 0.250 e. The second kappa shape index (κ2) is 9.18. The van der Waals surface area contributed by atoms with Gasteiger partial charge in [0.05, 0.1) is 6.04 Å². The number of nitrogens with zero attached hydrogens (tertiary/aromatic N) is 1. The molecule has 0 spiro atoms. The van der Waals surface area contributed by atoms with E-state index >= 15 is 0 Å². The fourth-order valence-corrected chi connectivity index (χ4v) is 4.88. The Morgan fingerprint density at radius 1 is 1.07 bits per heavy atom. The van der Waals surface area contributed by atoms with Gasteiger partial charge < -0.3 is 10.6 Å². The molecule has 8 heteroatoms. The van der Waals surface area contributed by atoms with Crippen molar-refractivity contribution in [2.45, 2.75) is 17.2 Å². The van der Waals surface area contributed by atoms with Crippen molar-refractivity contribution < 1.29 is 8.42 Å². The summed E-state index contributed by atoms with van der Waals surface area (Å²) in [5, 5.41) is 10.6. The Morgan fingerprint density at radius 2 is 1.86 bits per heavy atom. The van der Waals surface area contributed by atoms with Crippen LogP contribution in [0.2, 0.25) is 0 Å². The zero-order valence-electron chi connectivity index (χ0n) is 15.8. The number of thiophene rings is 1. The van der Waals surface area contributed by atoms with Gasteiger partial charge in [0, 0.05) is 20.1 Å². The quantitative estimate of drug-likeness (QED) is 0.314. The van der Waals surface area contributed by atoms with Gasteiger partial charge >= 0.3 is 0 Å². The lowest BCUT2D eigenvalue weighted by atomic mass is 10.0. The van der Waals surface area contributed by atoms with E-state index in [2.05, 4.69) is 57.6 Å². The summed E-state index contributed by atoms with van der Waals surface area (Å²) in [5.74, 6) is 0.621. The number of fused-ring (bicyclic) bond motifs is 1. The van der Waals surface area contributed by atoms with Crippen LogP contribution in [0.1, 0.15) is 18.5 Å². The summed E-state index contributed by atoms with van der Waals surface area (Å²) >= 11 is 1.20. The first-order valence-electron chi connectivity index (χ1n) is 8.98. The van der Waals surface area contributed by atoms with Crippen LogP contribution in [-0.4, -0.2) is 34.5 Å². The lowest BCUT2D eigenvalue weighted by Gasteiger charge is -2.19. The molecule has 0 bridgehead atoms. The van der Waals surface area contributed by atoms with Crippen LogP contribution in [0.5, 0.6) is 0 Å². The van der Waals surface area contributed by atoms with Crippen LogP contribution in [0.3, 0.4) is 0 Å². The van der Waals surface area contributed by atoms with Crippen LogP contribution < -0.4 is 15.4 Å². The number of nitrogens with one attached hydrogen (secondary N) is 3. The highest BCUT2D eigenvalue weighted by Gasteiger charge is 2.14. The minimum absolute atomic E-state index is 0.0543. The Morgan fingerprint density at radius 3 is 2.57 bits per heavy atom. The molecular weight excluding hydrogens is 392 g/mol. The molecule has 0 amide bonds. The third kappa shape index (κ3) is 5.09. The third-order valence-corrected chi connectivity index (χ3v) is 7.18. The maximum atomic E-state index is 12.1. The van der Waals surface area contributed by atoms with Gasteiger partial charge in [0.15, 0.2) is 5.96 Å². The fraction of sp³-hybridized carbons (Fsp3) is 0.250. The molecule has 3 rings (SSSR count). The van der Waals surface area contributed by atoms with E-state index in [1.165, 1.54) is 22.1 Å². The molecule has 148 valence electrons. The van der Waals surface area contributed by atoms with Gasteiger partial charge in [0.2, 0.25) is 10.0 Å². The second-order valence-corrected chi connectivity index (χ2v) is 9.24. The molecule has 2 aromatic carbocycles. The van der Waals surface area contributed by atoms with Gasteiger partial charge in [-0.05, 0) is 40.8 Å². The summed E-state index contributed by atoms with van der Waals surface area (Å²) in [6, 6.07) is 18.0. The highest BCUT2D eigenvalue weighted by atomic mass is 32.2. The van der Waals surface area contributed by atoms with Crippen molar-refractivity contribution in [1.82, 2.24) is 15.4 Å². The van der Waals surface area contributed by atoms with E-state index in [-0.39, 0.29) is 12.6 Å². The summed E-state index contributed by atoms with van der Waals surface area (Å²) in [6.07, 6.45) is 0. The smallest absolute Gasteiger partial charge is 0.250 e. The number of aliphatic imine (C=N–C) groups is 1. The molecule has 1 unspecified atom stereocenters. The maximum absolute atomic E-state index is 12.1. The van der Waals surface area contributed by atoms with Crippen LogP contribution in [0, 0.1) is 0 Å². The lowest BCUT2D eigenvalue weighted by Crippen LogP contribution is -2.42. The molecule has 0 fully saturated rings. The summed E-state index contributed by atoms with van der Waals surface area (Å²) < 4.78 is 27.1. The van der Waals surface area contributed by atoms with Crippen LogP contribution in [0.15, 0.2) is 69.2 Å². The fourth-order valence-electron chi connectivity index (χ4n) is 2.81. The topological polar surface area (TPSA) is 82.6 Å². The van der Waals surface area contributed by atoms with Crippen molar-refractivity contribution in [3.63, 3.8) is 0 Å². The highest BCUT2D eigenvalue weighted by Crippen LogP contribution is 2.20. The molecule has 3 N–H and O–H groups in total. The van der Waals surface area contributed by atoms with Crippen LogP contribution in [0.25, 0.3) is 10.8 Å². The molecule has 0 aliphatic heterocycles. The highest BCUT2D eigenvalue weighted by molar-refractivity contribution is 7.91. The molecule has 1 heterocycles. The molecule has 0 radical (unpaired) electrons. The van der Waals surface area contributed by atoms with Crippen molar-refractivity contribution in [1.29, 1.82) is 0 Å². The third-order valence-electron chi connectivity index (χ3n) is 4.32. The van der Waals surface area contributed by atoms with Crippen LogP contribution >= 0.6 is 11.3 Å². The summed E-state index contributed by atoms with van der Waals surface area (Å²) in [4.78, 5) is 4.22. The number of rotatable bonds is 7. The SMILES string of the molecule is CN=C(NCCNS(=O)(=O)c1cccs1)NC(C)c1ccc2ccccc2c1. The zero-order chi connectivity index (χ0) is 20.0. The first kappa shape index (κ1) is 20.3. The van der Waals surface area contributed by atoms with E-state index in [4.69, 9.17) is 0 Å². The number of hydrogen-bond donors (Lipinski definition) is 3. The van der Waals surface area contributed by atoms with Crippen molar-refractivity contribution >= 4 is 38.1 Å². The van der Waals surface area contributed by atoms with E-state index in [9.17, 15) is 8.42 Å².